The van der Waals surface area contributed by atoms with Gasteiger partial charge in [0.05, 0.1) is 5.69 Å². The maximum absolute atomic E-state index is 12.5. The van der Waals surface area contributed by atoms with Gasteiger partial charge in [-0.2, -0.15) is 0 Å². The van der Waals surface area contributed by atoms with Crippen molar-refractivity contribution in [1.82, 2.24) is 9.55 Å². The van der Waals surface area contributed by atoms with Crippen LogP contribution in [0.25, 0.3) is 0 Å². The third-order valence-corrected chi connectivity index (χ3v) is 5.18. The van der Waals surface area contributed by atoms with Crippen molar-refractivity contribution in [2.24, 2.45) is 0 Å². The Morgan fingerprint density at radius 1 is 1.33 bits per heavy atom. The van der Waals surface area contributed by atoms with Crippen LogP contribution in [0.4, 0.5) is 0 Å². The zero-order valence-corrected chi connectivity index (χ0v) is 13.5. The second-order valence-corrected chi connectivity index (χ2v) is 6.45. The molecule has 1 aromatic heterocycles. The molecular formula is C16H17ClN2OS. The molecule has 110 valence electrons. The summed E-state index contributed by atoms with van der Waals surface area (Å²) in [7, 11) is 0. The lowest BCUT2D eigenvalue weighted by atomic mass is 10.2. The third-order valence-electron chi connectivity index (χ3n) is 3.78. The predicted molar refractivity (Wildman–Crippen MR) is 87.2 cm³/mol. The van der Waals surface area contributed by atoms with Crippen LogP contribution >= 0.6 is 23.4 Å². The summed E-state index contributed by atoms with van der Waals surface area (Å²) in [6, 6.07) is 7.80. The molecule has 3 nitrogen and oxygen atoms in total. The number of aromatic nitrogens is 2. The van der Waals surface area contributed by atoms with E-state index in [1.807, 2.05) is 31.2 Å². The number of benzene rings is 1. The fourth-order valence-corrected chi connectivity index (χ4v) is 4.01. The molecule has 21 heavy (non-hydrogen) atoms. The molecule has 0 aliphatic heterocycles. The molecule has 0 spiro atoms. The molecule has 0 saturated carbocycles. The minimum absolute atomic E-state index is 0.140. The van der Waals surface area contributed by atoms with E-state index in [2.05, 4.69) is 0 Å². The van der Waals surface area contributed by atoms with Crippen LogP contribution in [-0.4, -0.2) is 9.55 Å². The van der Waals surface area contributed by atoms with Crippen molar-refractivity contribution < 1.29 is 0 Å². The number of fused-ring (bicyclic) bond motifs is 1. The number of hydrogen-bond acceptors (Lipinski definition) is 3. The maximum Gasteiger partial charge on any atom is 0.257 e. The molecule has 0 saturated heterocycles. The van der Waals surface area contributed by atoms with Gasteiger partial charge in [0.15, 0.2) is 5.16 Å². The number of nitrogens with zero attached hydrogens (tertiary/aromatic N) is 2. The van der Waals surface area contributed by atoms with E-state index in [1.165, 1.54) is 0 Å². The second kappa shape index (κ2) is 6.24. The van der Waals surface area contributed by atoms with Crippen LogP contribution in [0.1, 0.15) is 30.2 Å². The number of rotatable bonds is 4. The standard InChI is InChI=1S/C16H17ClN2OS/c1-2-19-15(20)12-7-5-9-14(12)18-16(19)21-10-11-6-3-4-8-13(11)17/h3-4,6,8H,2,5,7,9-10H2,1H3. The van der Waals surface area contributed by atoms with Crippen LogP contribution in [0.3, 0.4) is 0 Å². The summed E-state index contributed by atoms with van der Waals surface area (Å²) in [5, 5.41) is 1.57. The van der Waals surface area contributed by atoms with Crippen molar-refractivity contribution in [1.29, 1.82) is 0 Å². The van der Waals surface area contributed by atoms with Crippen LogP contribution in [0.15, 0.2) is 34.2 Å². The van der Waals surface area contributed by atoms with Gasteiger partial charge in [-0.3, -0.25) is 9.36 Å². The minimum Gasteiger partial charge on any atom is -0.288 e. The summed E-state index contributed by atoms with van der Waals surface area (Å²) >= 11 is 7.77. The molecule has 1 aliphatic rings. The Balaban J connectivity index is 1.91. The molecule has 0 fully saturated rings. The lowest BCUT2D eigenvalue weighted by Gasteiger charge is -2.12. The van der Waals surface area contributed by atoms with E-state index in [-0.39, 0.29) is 5.56 Å². The summed E-state index contributed by atoms with van der Waals surface area (Å²) < 4.78 is 1.78. The van der Waals surface area contributed by atoms with Crippen molar-refractivity contribution in [3.8, 4) is 0 Å². The van der Waals surface area contributed by atoms with Crippen LogP contribution in [0.5, 0.6) is 0 Å². The van der Waals surface area contributed by atoms with Gasteiger partial charge >= 0.3 is 0 Å². The zero-order chi connectivity index (χ0) is 14.8. The van der Waals surface area contributed by atoms with Gasteiger partial charge in [-0.05, 0) is 37.8 Å². The van der Waals surface area contributed by atoms with Crippen molar-refractivity contribution in [3.63, 3.8) is 0 Å². The molecule has 2 aromatic rings. The topological polar surface area (TPSA) is 34.9 Å². The van der Waals surface area contributed by atoms with Gasteiger partial charge in [0.25, 0.3) is 5.56 Å². The first-order chi connectivity index (χ1) is 10.2. The van der Waals surface area contributed by atoms with E-state index in [1.54, 1.807) is 16.3 Å². The fourth-order valence-electron chi connectivity index (χ4n) is 2.65. The molecule has 1 heterocycles. The molecule has 0 unspecified atom stereocenters. The second-order valence-electron chi connectivity index (χ2n) is 5.10. The van der Waals surface area contributed by atoms with Gasteiger partial charge in [-0.15, -0.1) is 0 Å². The molecule has 0 atom stereocenters. The molecule has 3 rings (SSSR count). The lowest BCUT2D eigenvalue weighted by Crippen LogP contribution is -2.26. The Morgan fingerprint density at radius 3 is 2.90 bits per heavy atom. The quantitative estimate of drug-likeness (QED) is 0.636. The van der Waals surface area contributed by atoms with Crippen molar-refractivity contribution in [2.75, 3.05) is 0 Å². The van der Waals surface area contributed by atoms with Gasteiger partial charge in [0.1, 0.15) is 0 Å². The Hall–Kier alpha value is -1.26. The highest BCUT2D eigenvalue weighted by atomic mass is 35.5. The molecule has 0 radical (unpaired) electrons. The normalized spacial score (nSPS) is 13.4. The van der Waals surface area contributed by atoms with Crippen molar-refractivity contribution in [2.45, 2.75) is 43.6 Å². The summed E-state index contributed by atoms with van der Waals surface area (Å²) in [5.41, 5.74) is 3.12. The summed E-state index contributed by atoms with van der Waals surface area (Å²) in [4.78, 5) is 17.2. The Bertz CT molecular complexity index is 727. The van der Waals surface area contributed by atoms with Crippen LogP contribution in [0.2, 0.25) is 5.02 Å². The van der Waals surface area contributed by atoms with E-state index >= 15 is 0 Å². The van der Waals surface area contributed by atoms with Crippen LogP contribution in [0, 0.1) is 0 Å². The van der Waals surface area contributed by atoms with Crippen LogP contribution in [-0.2, 0) is 25.1 Å². The number of hydrogen-bond donors (Lipinski definition) is 0. The zero-order valence-electron chi connectivity index (χ0n) is 11.9. The van der Waals surface area contributed by atoms with Gasteiger partial charge in [-0.1, -0.05) is 41.6 Å². The highest BCUT2D eigenvalue weighted by Crippen LogP contribution is 2.27. The van der Waals surface area contributed by atoms with Crippen molar-refractivity contribution >= 4 is 23.4 Å². The molecule has 1 aromatic carbocycles. The average Bonchev–Trinajstić information content (AvgIpc) is 2.95. The van der Waals surface area contributed by atoms with Gasteiger partial charge < -0.3 is 0 Å². The highest BCUT2D eigenvalue weighted by molar-refractivity contribution is 7.98. The number of aryl methyl sites for hydroxylation is 1. The van der Waals surface area contributed by atoms with Gasteiger partial charge in [-0.25, -0.2) is 4.98 Å². The highest BCUT2D eigenvalue weighted by Gasteiger charge is 2.20. The first kappa shape index (κ1) is 14.7. The van der Waals surface area contributed by atoms with E-state index in [0.717, 1.165) is 52.0 Å². The summed E-state index contributed by atoms with van der Waals surface area (Å²) in [5.74, 6) is 0.727. The minimum atomic E-state index is 0.140. The Kier molecular flexibility index (Phi) is 4.36. The summed E-state index contributed by atoms with van der Waals surface area (Å²) in [6.07, 6.45) is 2.84. The van der Waals surface area contributed by atoms with E-state index in [0.29, 0.717) is 6.54 Å². The third kappa shape index (κ3) is 2.87. The number of thioether (sulfide) groups is 1. The van der Waals surface area contributed by atoms with Gasteiger partial charge in [0.2, 0.25) is 0 Å². The molecule has 0 amide bonds. The molecule has 5 heteroatoms. The smallest absolute Gasteiger partial charge is 0.257 e. The Morgan fingerprint density at radius 2 is 2.14 bits per heavy atom. The van der Waals surface area contributed by atoms with Gasteiger partial charge in [0, 0.05) is 22.9 Å². The number of halogens is 1. The molecular weight excluding hydrogens is 304 g/mol. The summed E-state index contributed by atoms with van der Waals surface area (Å²) in [6.45, 7) is 2.65. The van der Waals surface area contributed by atoms with Crippen LogP contribution < -0.4 is 5.56 Å². The monoisotopic (exact) mass is 320 g/mol. The van der Waals surface area contributed by atoms with E-state index < -0.39 is 0 Å². The largest absolute Gasteiger partial charge is 0.288 e. The Labute approximate surface area is 133 Å². The first-order valence-corrected chi connectivity index (χ1v) is 8.56. The predicted octanol–water partition coefficient (Wildman–Crippen LogP) is 3.70. The average molecular weight is 321 g/mol. The molecule has 1 aliphatic carbocycles. The first-order valence-electron chi connectivity index (χ1n) is 7.19. The maximum atomic E-state index is 12.5. The van der Waals surface area contributed by atoms with E-state index in [4.69, 9.17) is 16.6 Å². The fraction of sp³-hybridized carbons (Fsp3) is 0.375. The van der Waals surface area contributed by atoms with Crippen molar-refractivity contribution in [3.05, 3.63) is 56.5 Å². The molecule has 0 N–H and O–H groups in total. The lowest BCUT2D eigenvalue weighted by molar-refractivity contribution is 0.611. The SMILES string of the molecule is CCn1c(SCc2ccccc2Cl)nc2c(c1=O)CCC2. The van der Waals surface area contributed by atoms with E-state index in [9.17, 15) is 4.79 Å². The molecule has 0 bridgehead atoms.